The number of amides is 1. The van der Waals surface area contributed by atoms with Crippen LogP contribution in [0.5, 0.6) is 17.2 Å². The molecule has 3 N–H and O–H groups in total. The number of nitrogens with zero attached hydrogens (tertiary/aromatic N) is 1. The first-order valence-electron chi connectivity index (χ1n) is 8.83. The molecule has 1 heterocycles. The van der Waals surface area contributed by atoms with Gasteiger partial charge in [-0.1, -0.05) is 40.9 Å². The molecule has 12 heteroatoms. The van der Waals surface area contributed by atoms with Crippen molar-refractivity contribution in [3.8, 4) is 17.2 Å². The monoisotopic (exact) mass is 500 g/mol. The number of hydrogen-bond donors (Lipinski definition) is 3. The molecule has 0 saturated heterocycles. The Kier molecular flexibility index (Phi) is 6.77. The second kappa shape index (κ2) is 9.19. The Labute approximate surface area is 192 Å². The first-order chi connectivity index (χ1) is 15.0. The lowest BCUT2D eigenvalue weighted by atomic mass is 10.2. The minimum atomic E-state index is -4.11. The standard InChI is InChI=1S/C20H15Cl2FN2O6S/c1-10-2-5-12(6-3-10)32(29,30)15-8-11(4-7-14(15)26)31-18-16(21)13(9-24-20(27)28)25-19(23)17(18)22/h2-8,24,26H,9H2,1H3,(H,27,28). The fourth-order valence-corrected chi connectivity index (χ4v) is 4.47. The van der Waals surface area contributed by atoms with Gasteiger partial charge >= 0.3 is 6.09 Å². The summed E-state index contributed by atoms with van der Waals surface area (Å²) >= 11 is 12.1. The molecule has 0 unspecified atom stereocenters. The molecule has 0 aliphatic carbocycles. The summed E-state index contributed by atoms with van der Waals surface area (Å²) in [6, 6.07) is 9.35. The summed E-state index contributed by atoms with van der Waals surface area (Å²) in [5, 5.41) is 20.0. The highest BCUT2D eigenvalue weighted by Crippen LogP contribution is 2.41. The number of sulfone groups is 1. The van der Waals surface area contributed by atoms with Crippen molar-refractivity contribution in [2.75, 3.05) is 0 Å². The van der Waals surface area contributed by atoms with Crippen LogP contribution in [0.3, 0.4) is 0 Å². The molecule has 1 aromatic heterocycles. The maximum Gasteiger partial charge on any atom is 0.404 e. The molecule has 32 heavy (non-hydrogen) atoms. The number of carbonyl (C=O) groups is 1. The van der Waals surface area contributed by atoms with Gasteiger partial charge in [0.2, 0.25) is 15.8 Å². The predicted molar refractivity (Wildman–Crippen MR) is 114 cm³/mol. The van der Waals surface area contributed by atoms with Crippen molar-refractivity contribution in [3.63, 3.8) is 0 Å². The van der Waals surface area contributed by atoms with Gasteiger partial charge in [-0.05, 0) is 31.2 Å². The zero-order valence-corrected chi connectivity index (χ0v) is 18.6. The van der Waals surface area contributed by atoms with Gasteiger partial charge in [0.05, 0.1) is 17.1 Å². The Morgan fingerprint density at radius 2 is 1.81 bits per heavy atom. The van der Waals surface area contributed by atoms with Gasteiger partial charge in [-0.2, -0.15) is 4.39 Å². The average molecular weight is 501 g/mol. The Bertz CT molecular complexity index is 1300. The van der Waals surface area contributed by atoms with E-state index in [2.05, 4.69) is 4.98 Å². The molecule has 0 bridgehead atoms. The molecule has 0 atom stereocenters. The summed E-state index contributed by atoms with van der Waals surface area (Å²) in [6.45, 7) is 1.37. The van der Waals surface area contributed by atoms with Crippen LogP contribution >= 0.6 is 23.2 Å². The number of hydrogen-bond acceptors (Lipinski definition) is 6. The van der Waals surface area contributed by atoms with E-state index < -0.39 is 49.8 Å². The van der Waals surface area contributed by atoms with Gasteiger partial charge < -0.3 is 20.3 Å². The summed E-state index contributed by atoms with van der Waals surface area (Å²) in [4.78, 5) is 13.7. The van der Waals surface area contributed by atoms with E-state index in [4.69, 9.17) is 33.0 Å². The number of halogens is 3. The summed E-state index contributed by atoms with van der Waals surface area (Å²) in [5.74, 6) is -2.21. The first-order valence-corrected chi connectivity index (χ1v) is 11.1. The largest absolute Gasteiger partial charge is 0.507 e. The zero-order valence-electron chi connectivity index (χ0n) is 16.3. The van der Waals surface area contributed by atoms with E-state index >= 15 is 0 Å². The summed E-state index contributed by atoms with van der Waals surface area (Å²) in [6.07, 6.45) is -1.38. The Hall–Kier alpha value is -3.08. The number of nitrogens with one attached hydrogen (secondary N) is 1. The van der Waals surface area contributed by atoms with E-state index in [1.54, 1.807) is 19.1 Å². The van der Waals surface area contributed by atoms with Crippen molar-refractivity contribution in [2.24, 2.45) is 0 Å². The number of ether oxygens (including phenoxy) is 1. The Morgan fingerprint density at radius 3 is 2.44 bits per heavy atom. The predicted octanol–water partition coefficient (Wildman–Crippen LogP) is 4.93. The lowest BCUT2D eigenvalue weighted by Crippen LogP contribution is -2.21. The van der Waals surface area contributed by atoms with Gasteiger partial charge in [-0.15, -0.1) is 0 Å². The highest BCUT2D eigenvalue weighted by Gasteiger charge is 2.24. The van der Waals surface area contributed by atoms with E-state index in [0.29, 0.717) is 0 Å². The molecule has 0 aliphatic heterocycles. The van der Waals surface area contributed by atoms with Gasteiger partial charge in [0.15, 0.2) is 5.75 Å². The van der Waals surface area contributed by atoms with Crippen LogP contribution in [-0.2, 0) is 16.4 Å². The molecule has 0 radical (unpaired) electrons. The summed E-state index contributed by atoms with van der Waals surface area (Å²) in [7, 11) is -4.11. The number of aryl methyl sites for hydroxylation is 1. The first kappa shape index (κ1) is 23.6. The van der Waals surface area contributed by atoms with Crippen LogP contribution in [0, 0.1) is 12.9 Å². The molecule has 0 saturated carbocycles. The third kappa shape index (κ3) is 4.87. The van der Waals surface area contributed by atoms with Crippen molar-refractivity contribution >= 4 is 39.1 Å². The highest BCUT2D eigenvalue weighted by atomic mass is 35.5. The average Bonchev–Trinajstić information content (AvgIpc) is 2.74. The van der Waals surface area contributed by atoms with Crippen molar-refractivity contribution in [3.05, 3.63) is 69.7 Å². The van der Waals surface area contributed by atoms with Crippen LogP contribution in [0.2, 0.25) is 10.0 Å². The van der Waals surface area contributed by atoms with E-state index in [9.17, 15) is 22.7 Å². The van der Waals surface area contributed by atoms with Crippen LogP contribution in [-0.4, -0.2) is 29.7 Å². The second-order valence-corrected chi connectivity index (χ2v) is 9.19. The van der Waals surface area contributed by atoms with Crippen molar-refractivity contribution in [2.45, 2.75) is 23.3 Å². The van der Waals surface area contributed by atoms with Gasteiger partial charge in [0, 0.05) is 6.07 Å². The van der Waals surface area contributed by atoms with Crippen LogP contribution in [0.25, 0.3) is 0 Å². The number of phenols is 1. The molecule has 0 fully saturated rings. The minimum Gasteiger partial charge on any atom is -0.507 e. The zero-order chi connectivity index (χ0) is 23.6. The smallest absolute Gasteiger partial charge is 0.404 e. The molecule has 0 aliphatic rings. The lowest BCUT2D eigenvalue weighted by Gasteiger charge is -2.14. The number of aromatic hydroxyl groups is 1. The Balaban J connectivity index is 2.03. The molecule has 1 amide bonds. The fraction of sp³-hybridized carbons (Fsp3) is 0.100. The number of phenolic OH excluding ortho intramolecular Hbond substituents is 1. The topological polar surface area (TPSA) is 126 Å². The number of rotatable bonds is 6. The van der Waals surface area contributed by atoms with Gasteiger partial charge in [0.25, 0.3) is 0 Å². The summed E-state index contributed by atoms with van der Waals surface area (Å²) < 4.78 is 45.6. The minimum absolute atomic E-state index is 0.0522. The third-order valence-electron chi connectivity index (χ3n) is 4.25. The van der Waals surface area contributed by atoms with Gasteiger partial charge in [0.1, 0.15) is 26.4 Å². The quantitative estimate of drug-likeness (QED) is 0.409. The lowest BCUT2D eigenvalue weighted by molar-refractivity contribution is 0.193. The maximum atomic E-state index is 14.1. The van der Waals surface area contributed by atoms with Crippen molar-refractivity contribution < 1.29 is 32.6 Å². The van der Waals surface area contributed by atoms with E-state index in [0.717, 1.165) is 17.7 Å². The van der Waals surface area contributed by atoms with E-state index in [-0.39, 0.29) is 21.4 Å². The third-order valence-corrected chi connectivity index (χ3v) is 6.76. The maximum absolute atomic E-state index is 14.1. The molecule has 0 spiro atoms. The fourth-order valence-electron chi connectivity index (χ4n) is 2.64. The molecule has 3 aromatic rings. The van der Waals surface area contributed by atoms with Crippen molar-refractivity contribution in [1.82, 2.24) is 10.3 Å². The van der Waals surface area contributed by atoms with Crippen LogP contribution in [0.15, 0.2) is 52.3 Å². The number of aromatic nitrogens is 1. The Morgan fingerprint density at radius 1 is 1.16 bits per heavy atom. The number of benzene rings is 2. The SMILES string of the molecule is Cc1ccc(S(=O)(=O)c2cc(Oc3c(Cl)c(F)nc(CNC(=O)O)c3Cl)ccc2O)cc1. The molecule has 2 aromatic carbocycles. The van der Waals surface area contributed by atoms with Crippen molar-refractivity contribution in [1.29, 1.82) is 0 Å². The number of carboxylic acid groups (broad SMARTS) is 1. The van der Waals surface area contributed by atoms with E-state index in [1.165, 1.54) is 18.2 Å². The molecular formula is C20H15Cl2FN2O6S. The van der Waals surface area contributed by atoms with E-state index in [1.807, 2.05) is 5.32 Å². The second-order valence-electron chi connectivity index (χ2n) is 6.51. The molecule has 8 nitrogen and oxygen atoms in total. The van der Waals surface area contributed by atoms with Crippen LogP contribution in [0.4, 0.5) is 9.18 Å². The molecule has 168 valence electrons. The molecule has 3 rings (SSSR count). The van der Waals surface area contributed by atoms with Gasteiger partial charge in [-0.3, -0.25) is 0 Å². The van der Waals surface area contributed by atoms with Crippen LogP contribution in [0.1, 0.15) is 11.3 Å². The highest BCUT2D eigenvalue weighted by molar-refractivity contribution is 7.91. The normalized spacial score (nSPS) is 11.2. The molecular weight excluding hydrogens is 486 g/mol. The van der Waals surface area contributed by atoms with Gasteiger partial charge in [-0.25, -0.2) is 18.2 Å². The number of pyridine rings is 1. The summed E-state index contributed by atoms with van der Waals surface area (Å²) in [5.41, 5.74) is 0.652. The van der Waals surface area contributed by atoms with Crippen LogP contribution < -0.4 is 10.1 Å².